The number of nitrogens with zero attached hydrogens (tertiary/aromatic N) is 1. The summed E-state index contributed by atoms with van der Waals surface area (Å²) in [7, 11) is 3.31. The maximum Gasteiger partial charge on any atom is 0.387 e. The molecule has 0 fully saturated rings. The lowest BCUT2D eigenvalue weighted by Gasteiger charge is -2.15. The van der Waals surface area contributed by atoms with E-state index < -0.39 is 6.61 Å². The van der Waals surface area contributed by atoms with Crippen LogP contribution in [0.15, 0.2) is 53.5 Å². The Kier molecular flexibility index (Phi) is 7.82. The van der Waals surface area contributed by atoms with E-state index in [4.69, 9.17) is 4.74 Å². The molecule has 140 valence electrons. The molecule has 0 bridgehead atoms. The van der Waals surface area contributed by atoms with Crippen LogP contribution in [0.25, 0.3) is 0 Å². The molecular formula is C19H23F2N3O2. The number of rotatable bonds is 8. The molecule has 5 nitrogen and oxygen atoms in total. The van der Waals surface area contributed by atoms with Crippen molar-refractivity contribution in [3.05, 3.63) is 65.2 Å². The van der Waals surface area contributed by atoms with Gasteiger partial charge in [-0.2, -0.15) is 8.78 Å². The molecule has 0 heterocycles. The van der Waals surface area contributed by atoms with Crippen LogP contribution in [0.5, 0.6) is 5.75 Å². The van der Waals surface area contributed by atoms with Gasteiger partial charge in [0.1, 0.15) is 5.75 Å². The van der Waals surface area contributed by atoms with Crippen molar-refractivity contribution in [2.45, 2.75) is 26.3 Å². The first-order valence-electron chi connectivity index (χ1n) is 8.16. The first kappa shape index (κ1) is 19.7. The predicted octanol–water partition coefficient (Wildman–Crippen LogP) is 3.30. The second-order valence-electron chi connectivity index (χ2n) is 5.52. The van der Waals surface area contributed by atoms with Crippen LogP contribution in [0.1, 0.15) is 16.7 Å². The lowest BCUT2D eigenvalue weighted by molar-refractivity contribution is -0.0504. The molecule has 0 saturated heterocycles. The third-order valence-electron chi connectivity index (χ3n) is 3.62. The molecule has 0 amide bonds. The molecule has 0 atom stereocenters. The highest BCUT2D eigenvalue weighted by molar-refractivity contribution is 5.79. The number of hydrogen-bond acceptors (Lipinski definition) is 3. The van der Waals surface area contributed by atoms with Crippen LogP contribution in [0.2, 0.25) is 0 Å². The smallest absolute Gasteiger partial charge is 0.387 e. The van der Waals surface area contributed by atoms with E-state index in [1.165, 1.54) is 6.07 Å². The van der Waals surface area contributed by atoms with E-state index in [0.717, 1.165) is 11.1 Å². The lowest BCUT2D eigenvalue weighted by atomic mass is 10.1. The van der Waals surface area contributed by atoms with Gasteiger partial charge in [-0.15, -0.1) is 0 Å². The Hall–Kier alpha value is -2.67. The Balaban J connectivity index is 1.91. The number of alkyl halides is 2. The summed E-state index contributed by atoms with van der Waals surface area (Å²) in [5, 5.41) is 6.29. The maximum absolute atomic E-state index is 12.5. The Labute approximate surface area is 152 Å². The number of para-hydroxylation sites is 1. The van der Waals surface area contributed by atoms with E-state index in [9.17, 15) is 8.78 Å². The highest BCUT2D eigenvalue weighted by atomic mass is 19.3. The number of methoxy groups -OCH3 is 1. The summed E-state index contributed by atoms with van der Waals surface area (Å²) >= 11 is 0. The van der Waals surface area contributed by atoms with Gasteiger partial charge in [-0.05, 0) is 17.2 Å². The second kappa shape index (κ2) is 10.4. The predicted molar refractivity (Wildman–Crippen MR) is 97.3 cm³/mol. The van der Waals surface area contributed by atoms with E-state index in [0.29, 0.717) is 31.2 Å². The van der Waals surface area contributed by atoms with Gasteiger partial charge < -0.3 is 20.1 Å². The third kappa shape index (κ3) is 6.33. The summed E-state index contributed by atoms with van der Waals surface area (Å²) in [6.45, 7) is -1.41. The lowest BCUT2D eigenvalue weighted by Crippen LogP contribution is -2.36. The van der Waals surface area contributed by atoms with Crippen molar-refractivity contribution >= 4 is 5.96 Å². The summed E-state index contributed by atoms with van der Waals surface area (Å²) in [4.78, 5) is 4.15. The van der Waals surface area contributed by atoms with Gasteiger partial charge in [0, 0.05) is 32.8 Å². The molecule has 2 aromatic carbocycles. The largest absolute Gasteiger partial charge is 0.434 e. The molecule has 0 spiro atoms. The Morgan fingerprint density at radius 2 is 1.77 bits per heavy atom. The monoisotopic (exact) mass is 363 g/mol. The first-order chi connectivity index (χ1) is 12.6. The van der Waals surface area contributed by atoms with Crippen molar-refractivity contribution in [2.24, 2.45) is 4.99 Å². The number of benzene rings is 2. The van der Waals surface area contributed by atoms with Gasteiger partial charge in [-0.25, -0.2) is 0 Å². The van der Waals surface area contributed by atoms with Crippen LogP contribution in [-0.4, -0.2) is 26.7 Å². The van der Waals surface area contributed by atoms with Crippen LogP contribution >= 0.6 is 0 Å². The van der Waals surface area contributed by atoms with Crippen LogP contribution in [0.4, 0.5) is 8.78 Å². The Bertz CT molecular complexity index is 723. The maximum atomic E-state index is 12.5. The van der Waals surface area contributed by atoms with E-state index in [1.807, 2.05) is 18.2 Å². The van der Waals surface area contributed by atoms with Gasteiger partial charge in [0.05, 0.1) is 6.61 Å². The highest BCUT2D eigenvalue weighted by Gasteiger charge is 2.09. The normalized spacial score (nSPS) is 11.5. The Morgan fingerprint density at radius 3 is 2.50 bits per heavy atom. The molecule has 0 aliphatic heterocycles. The molecule has 0 saturated carbocycles. The van der Waals surface area contributed by atoms with Crippen LogP contribution in [0, 0.1) is 0 Å². The van der Waals surface area contributed by atoms with Crippen molar-refractivity contribution in [3.63, 3.8) is 0 Å². The zero-order valence-corrected chi connectivity index (χ0v) is 14.8. The van der Waals surface area contributed by atoms with Crippen molar-refractivity contribution in [1.82, 2.24) is 10.6 Å². The zero-order chi connectivity index (χ0) is 18.8. The molecule has 0 aromatic heterocycles. The minimum absolute atomic E-state index is 0.151. The Morgan fingerprint density at radius 1 is 1.04 bits per heavy atom. The molecular weight excluding hydrogens is 340 g/mol. The molecule has 2 N–H and O–H groups in total. The van der Waals surface area contributed by atoms with Gasteiger partial charge in [-0.1, -0.05) is 42.5 Å². The fraction of sp³-hybridized carbons (Fsp3) is 0.316. The first-order valence-corrected chi connectivity index (χ1v) is 8.16. The fourth-order valence-electron chi connectivity index (χ4n) is 2.44. The highest BCUT2D eigenvalue weighted by Crippen LogP contribution is 2.19. The molecule has 7 heteroatoms. The zero-order valence-electron chi connectivity index (χ0n) is 14.8. The van der Waals surface area contributed by atoms with Crippen LogP contribution in [-0.2, 0) is 24.4 Å². The van der Waals surface area contributed by atoms with Gasteiger partial charge in [-0.3, -0.25) is 4.99 Å². The van der Waals surface area contributed by atoms with Crippen molar-refractivity contribution in [1.29, 1.82) is 0 Å². The van der Waals surface area contributed by atoms with Gasteiger partial charge in [0.2, 0.25) is 0 Å². The summed E-state index contributed by atoms with van der Waals surface area (Å²) in [6, 6.07) is 14.7. The standard InChI is InChI=1S/C19H23F2N3O2/c1-22-19(23-11-14-6-5-7-15(10-14)13-25-2)24-12-16-8-3-4-9-17(16)26-18(20)21/h3-10,18H,11-13H2,1-2H3,(H2,22,23,24). The van der Waals surface area contributed by atoms with Crippen molar-refractivity contribution in [2.75, 3.05) is 14.2 Å². The number of guanidine groups is 1. The van der Waals surface area contributed by atoms with Gasteiger partial charge >= 0.3 is 6.61 Å². The molecule has 0 unspecified atom stereocenters. The molecule has 26 heavy (non-hydrogen) atoms. The minimum atomic E-state index is -2.85. The van der Waals surface area contributed by atoms with Crippen LogP contribution < -0.4 is 15.4 Å². The van der Waals surface area contributed by atoms with Gasteiger partial charge in [0.15, 0.2) is 5.96 Å². The molecule has 0 aliphatic carbocycles. The molecule has 2 aromatic rings. The summed E-state index contributed by atoms with van der Waals surface area (Å²) in [5.41, 5.74) is 2.80. The number of aliphatic imine (C=N–C) groups is 1. The fourth-order valence-corrected chi connectivity index (χ4v) is 2.44. The number of hydrogen-bond donors (Lipinski definition) is 2. The average Bonchev–Trinajstić information content (AvgIpc) is 2.63. The second-order valence-corrected chi connectivity index (χ2v) is 5.52. The SMILES string of the molecule is CN=C(NCc1cccc(COC)c1)NCc1ccccc1OC(F)F. The quantitative estimate of drug-likeness (QED) is 0.558. The summed E-state index contributed by atoms with van der Waals surface area (Å²) in [6.07, 6.45) is 0. The third-order valence-corrected chi connectivity index (χ3v) is 3.62. The molecule has 0 aliphatic rings. The summed E-state index contributed by atoms with van der Waals surface area (Å²) < 4.78 is 34.6. The topological polar surface area (TPSA) is 54.9 Å². The molecule has 0 radical (unpaired) electrons. The van der Waals surface area contributed by atoms with E-state index >= 15 is 0 Å². The van der Waals surface area contributed by atoms with Crippen molar-refractivity contribution in [3.8, 4) is 5.75 Å². The van der Waals surface area contributed by atoms with E-state index in [-0.39, 0.29) is 5.75 Å². The number of halogens is 2. The van der Waals surface area contributed by atoms with Crippen molar-refractivity contribution < 1.29 is 18.3 Å². The number of nitrogens with one attached hydrogen (secondary N) is 2. The minimum Gasteiger partial charge on any atom is -0.434 e. The molecule has 2 rings (SSSR count). The van der Waals surface area contributed by atoms with Crippen LogP contribution in [0.3, 0.4) is 0 Å². The van der Waals surface area contributed by atoms with E-state index in [2.05, 4.69) is 26.4 Å². The average molecular weight is 363 g/mol. The number of ether oxygens (including phenoxy) is 2. The van der Waals surface area contributed by atoms with Gasteiger partial charge in [0.25, 0.3) is 0 Å². The summed E-state index contributed by atoms with van der Waals surface area (Å²) in [5.74, 6) is 0.715. The van der Waals surface area contributed by atoms with E-state index in [1.54, 1.807) is 32.4 Å².